The Morgan fingerprint density at radius 2 is 1.91 bits per heavy atom. The smallest absolute Gasteiger partial charge is 0.419 e. The fourth-order valence-corrected chi connectivity index (χ4v) is 3.26. The van der Waals surface area contributed by atoms with Gasteiger partial charge >= 0.3 is 6.18 Å². The van der Waals surface area contributed by atoms with Gasteiger partial charge in [0.05, 0.1) is 23.4 Å². The number of amides is 1. The van der Waals surface area contributed by atoms with Crippen LogP contribution >= 0.6 is 11.5 Å². The Kier molecular flexibility index (Phi) is 6.63. The van der Waals surface area contributed by atoms with Gasteiger partial charge < -0.3 is 15.0 Å². The number of rotatable bonds is 6. The lowest BCUT2D eigenvalue weighted by atomic mass is 10.1. The second-order valence-electron chi connectivity index (χ2n) is 7.39. The minimum absolute atomic E-state index is 0.103. The van der Waals surface area contributed by atoms with E-state index in [1.807, 2.05) is 13.8 Å². The van der Waals surface area contributed by atoms with E-state index in [1.165, 1.54) is 30.3 Å². The SMILES string of the molecule is Cc1cnc(Nc2nc(-c3cc(C(=O)N(C)C)c(OC(C)C)cn3)ns2)c(C(F)(F)F)c1. The van der Waals surface area contributed by atoms with Crippen molar-refractivity contribution in [1.29, 1.82) is 0 Å². The number of nitrogens with zero attached hydrogens (tertiary/aromatic N) is 5. The van der Waals surface area contributed by atoms with Crippen LogP contribution < -0.4 is 10.1 Å². The number of halogens is 3. The highest BCUT2D eigenvalue weighted by Gasteiger charge is 2.35. The highest BCUT2D eigenvalue weighted by molar-refractivity contribution is 7.09. The Labute approximate surface area is 186 Å². The number of aryl methyl sites for hydroxylation is 1. The highest BCUT2D eigenvalue weighted by atomic mass is 32.1. The molecule has 0 fully saturated rings. The van der Waals surface area contributed by atoms with E-state index in [9.17, 15) is 18.0 Å². The third-order valence-corrected chi connectivity index (χ3v) is 4.71. The summed E-state index contributed by atoms with van der Waals surface area (Å²) in [6, 6.07) is 2.50. The number of hydrogen-bond donors (Lipinski definition) is 1. The molecule has 0 unspecified atom stereocenters. The van der Waals surface area contributed by atoms with Gasteiger partial charge in [0.25, 0.3) is 5.91 Å². The summed E-state index contributed by atoms with van der Waals surface area (Å²) in [5, 5.41) is 2.68. The van der Waals surface area contributed by atoms with Crippen LogP contribution in [0.4, 0.5) is 24.1 Å². The van der Waals surface area contributed by atoms with Crippen LogP contribution in [0, 0.1) is 6.92 Å². The molecular formula is C20H21F3N6O2S. The molecule has 3 rings (SSSR count). The Morgan fingerprint density at radius 3 is 2.53 bits per heavy atom. The number of pyridine rings is 2. The zero-order valence-electron chi connectivity index (χ0n) is 18.0. The monoisotopic (exact) mass is 466 g/mol. The summed E-state index contributed by atoms with van der Waals surface area (Å²) in [4.78, 5) is 26.3. The van der Waals surface area contributed by atoms with E-state index in [0.29, 0.717) is 11.3 Å². The zero-order valence-corrected chi connectivity index (χ0v) is 18.8. The quantitative estimate of drug-likeness (QED) is 0.569. The van der Waals surface area contributed by atoms with Crippen LogP contribution in [0.1, 0.15) is 35.3 Å². The van der Waals surface area contributed by atoms with Crippen LogP contribution in [0.3, 0.4) is 0 Å². The number of carbonyl (C=O) groups is 1. The van der Waals surface area contributed by atoms with E-state index in [1.54, 1.807) is 14.1 Å². The van der Waals surface area contributed by atoms with Gasteiger partial charge in [0.2, 0.25) is 5.13 Å². The van der Waals surface area contributed by atoms with Gasteiger partial charge in [0.1, 0.15) is 11.5 Å². The summed E-state index contributed by atoms with van der Waals surface area (Å²) in [7, 11) is 3.22. The fourth-order valence-electron chi connectivity index (χ4n) is 2.69. The van der Waals surface area contributed by atoms with Crippen molar-refractivity contribution in [2.24, 2.45) is 0 Å². The van der Waals surface area contributed by atoms with Crippen molar-refractivity contribution in [2.45, 2.75) is 33.1 Å². The van der Waals surface area contributed by atoms with E-state index in [-0.39, 0.29) is 40.0 Å². The van der Waals surface area contributed by atoms with Gasteiger partial charge in [0, 0.05) is 31.8 Å². The number of hydrogen-bond acceptors (Lipinski definition) is 8. The lowest BCUT2D eigenvalue weighted by molar-refractivity contribution is -0.137. The molecule has 8 nitrogen and oxygen atoms in total. The first-order chi connectivity index (χ1) is 15.0. The second-order valence-corrected chi connectivity index (χ2v) is 8.14. The van der Waals surface area contributed by atoms with Crippen LogP contribution in [0.5, 0.6) is 5.75 Å². The second kappa shape index (κ2) is 9.07. The van der Waals surface area contributed by atoms with Gasteiger partial charge in [-0.3, -0.25) is 4.79 Å². The van der Waals surface area contributed by atoms with Gasteiger partial charge in [-0.2, -0.15) is 22.5 Å². The van der Waals surface area contributed by atoms with E-state index < -0.39 is 11.7 Å². The molecule has 0 saturated carbocycles. The maximum atomic E-state index is 13.3. The number of aromatic nitrogens is 4. The van der Waals surface area contributed by atoms with Gasteiger partial charge in [-0.05, 0) is 38.5 Å². The summed E-state index contributed by atoms with van der Waals surface area (Å²) in [6.45, 7) is 5.18. The molecule has 1 N–H and O–H groups in total. The Bertz CT molecular complexity index is 1130. The first-order valence-electron chi connectivity index (χ1n) is 9.49. The predicted molar refractivity (Wildman–Crippen MR) is 114 cm³/mol. The van der Waals surface area contributed by atoms with E-state index in [0.717, 1.165) is 17.6 Å². The zero-order chi connectivity index (χ0) is 23.6. The molecule has 170 valence electrons. The fraction of sp³-hybridized carbons (Fsp3) is 0.350. The van der Waals surface area contributed by atoms with E-state index in [4.69, 9.17) is 4.74 Å². The molecule has 1 amide bonds. The molecule has 12 heteroatoms. The van der Waals surface area contributed by atoms with E-state index >= 15 is 0 Å². The van der Waals surface area contributed by atoms with Gasteiger partial charge in [-0.1, -0.05) is 0 Å². The molecule has 0 aromatic carbocycles. The number of nitrogens with one attached hydrogen (secondary N) is 1. The highest BCUT2D eigenvalue weighted by Crippen LogP contribution is 2.36. The van der Waals surface area contributed by atoms with Crippen LogP contribution in [0.25, 0.3) is 11.5 Å². The van der Waals surface area contributed by atoms with Crippen molar-refractivity contribution >= 4 is 28.4 Å². The first kappa shape index (κ1) is 23.4. The molecule has 3 heterocycles. The standard InChI is InChI=1S/C20H21F3N6O2S/c1-10(2)31-15-9-24-14(7-12(15)18(30)29(4)5)17-27-19(32-28-17)26-16-13(20(21,22)23)6-11(3)8-25-16/h6-10H,1-5H3,(H,25,26,27,28). The van der Waals surface area contributed by atoms with Crippen molar-refractivity contribution in [3.8, 4) is 17.3 Å². The molecule has 32 heavy (non-hydrogen) atoms. The van der Waals surface area contributed by atoms with Crippen LogP contribution in [0.2, 0.25) is 0 Å². The maximum Gasteiger partial charge on any atom is 0.419 e. The number of carbonyl (C=O) groups excluding carboxylic acids is 1. The van der Waals surface area contributed by atoms with Crippen LogP contribution in [0.15, 0.2) is 24.5 Å². The van der Waals surface area contributed by atoms with Crippen molar-refractivity contribution in [1.82, 2.24) is 24.2 Å². The molecule has 0 atom stereocenters. The summed E-state index contributed by atoms with van der Waals surface area (Å²) in [5.74, 6) is -0.198. The topological polar surface area (TPSA) is 93.1 Å². The van der Waals surface area contributed by atoms with Crippen molar-refractivity contribution in [3.05, 3.63) is 41.2 Å². The molecule has 0 spiro atoms. The Hall–Kier alpha value is -3.28. The Morgan fingerprint density at radius 1 is 1.19 bits per heavy atom. The van der Waals surface area contributed by atoms with Gasteiger partial charge in [-0.15, -0.1) is 0 Å². The van der Waals surface area contributed by atoms with Crippen molar-refractivity contribution < 1.29 is 22.7 Å². The minimum atomic E-state index is -4.58. The lowest BCUT2D eigenvalue weighted by Gasteiger charge is -2.16. The first-order valence-corrected chi connectivity index (χ1v) is 10.3. The summed E-state index contributed by atoms with van der Waals surface area (Å²) in [6.07, 6.45) is -2.02. The third kappa shape index (κ3) is 5.31. The largest absolute Gasteiger partial charge is 0.489 e. The predicted octanol–water partition coefficient (Wildman–Crippen LogP) is 4.55. The lowest BCUT2D eigenvalue weighted by Crippen LogP contribution is -2.23. The molecule has 3 aromatic heterocycles. The maximum absolute atomic E-state index is 13.3. The molecule has 0 aliphatic carbocycles. The molecule has 0 aliphatic heterocycles. The molecule has 0 saturated heterocycles. The third-order valence-electron chi connectivity index (χ3n) is 4.08. The summed E-state index contributed by atoms with van der Waals surface area (Å²) < 4.78 is 49.9. The average Bonchev–Trinajstić information content (AvgIpc) is 3.16. The average molecular weight is 466 g/mol. The number of alkyl halides is 3. The van der Waals surface area contributed by atoms with Gasteiger partial charge in [0.15, 0.2) is 11.6 Å². The normalized spacial score (nSPS) is 11.5. The van der Waals surface area contributed by atoms with Crippen molar-refractivity contribution in [2.75, 3.05) is 19.4 Å². The van der Waals surface area contributed by atoms with Crippen molar-refractivity contribution in [3.63, 3.8) is 0 Å². The Balaban J connectivity index is 1.94. The number of ether oxygens (including phenoxy) is 1. The molecule has 0 radical (unpaired) electrons. The van der Waals surface area contributed by atoms with Crippen LogP contribution in [-0.2, 0) is 6.18 Å². The summed E-state index contributed by atoms with van der Waals surface area (Å²) in [5.41, 5.74) is 0.0364. The van der Waals surface area contributed by atoms with Gasteiger partial charge in [-0.25, -0.2) is 9.97 Å². The molecule has 3 aromatic rings. The minimum Gasteiger partial charge on any atom is -0.489 e. The number of anilines is 2. The summed E-state index contributed by atoms with van der Waals surface area (Å²) >= 11 is 0.852. The van der Waals surface area contributed by atoms with Crippen LogP contribution in [-0.4, -0.2) is 50.3 Å². The molecule has 0 bridgehead atoms. The molecule has 0 aliphatic rings. The van der Waals surface area contributed by atoms with E-state index in [2.05, 4.69) is 24.6 Å². The molecular weight excluding hydrogens is 445 g/mol.